The molecule has 1 saturated carbocycles. The van der Waals surface area contributed by atoms with Crippen LogP contribution >= 0.6 is 22.9 Å². The van der Waals surface area contributed by atoms with Crippen molar-refractivity contribution >= 4 is 45.7 Å². The van der Waals surface area contributed by atoms with E-state index in [0.29, 0.717) is 39.8 Å². The summed E-state index contributed by atoms with van der Waals surface area (Å²) in [5, 5.41) is 3.57. The van der Waals surface area contributed by atoms with E-state index in [1.165, 1.54) is 43.5 Å². The summed E-state index contributed by atoms with van der Waals surface area (Å²) >= 11 is 5.11. The topological polar surface area (TPSA) is 90.3 Å². The summed E-state index contributed by atoms with van der Waals surface area (Å²) in [6.45, 7) is 4.73. The number of aromatic nitrogens is 2. The lowest BCUT2D eigenvalue weighted by molar-refractivity contribution is 0.539. The predicted molar refractivity (Wildman–Crippen MR) is 113 cm³/mol. The monoisotopic (exact) mass is 433 g/mol. The average molecular weight is 434 g/mol. The van der Waals surface area contributed by atoms with Gasteiger partial charge in [-0.2, -0.15) is 0 Å². The zero-order valence-electron chi connectivity index (χ0n) is 15.0. The second-order valence-corrected chi connectivity index (χ2v) is 9.41. The highest BCUT2D eigenvalue weighted by molar-refractivity contribution is 7.81. The quantitative estimate of drug-likeness (QED) is 0.712. The molecule has 0 aromatic carbocycles. The number of dihydropyridines is 1. The van der Waals surface area contributed by atoms with Crippen LogP contribution in [0.1, 0.15) is 25.7 Å². The molecule has 2 aliphatic rings. The van der Waals surface area contributed by atoms with Crippen LogP contribution in [0.2, 0.25) is 5.02 Å². The van der Waals surface area contributed by atoms with Gasteiger partial charge >= 0.3 is 0 Å². The summed E-state index contributed by atoms with van der Waals surface area (Å²) in [6.07, 6.45) is 8.45. The van der Waals surface area contributed by atoms with E-state index < -0.39 is 11.1 Å². The zero-order chi connectivity index (χ0) is 19.7. The molecule has 9 heteroatoms. The Morgan fingerprint density at radius 1 is 1.32 bits per heavy atom. The Kier molecular flexibility index (Phi) is 5.73. The van der Waals surface area contributed by atoms with Crippen LogP contribution in [0.25, 0.3) is 10.7 Å². The molecule has 0 saturated heterocycles. The Balaban J connectivity index is 1.59. The smallest absolute Gasteiger partial charge is 0.171 e. The number of anilines is 1. The van der Waals surface area contributed by atoms with Crippen molar-refractivity contribution in [2.45, 2.75) is 29.9 Å². The summed E-state index contributed by atoms with van der Waals surface area (Å²) in [6, 6.07) is 3.21. The van der Waals surface area contributed by atoms with Gasteiger partial charge in [-0.3, -0.25) is 9.20 Å². The molecule has 1 atom stereocenters. The first-order valence-corrected chi connectivity index (χ1v) is 11.2. The van der Waals surface area contributed by atoms with Gasteiger partial charge in [-0.1, -0.05) is 31.0 Å². The van der Waals surface area contributed by atoms with Crippen molar-refractivity contribution in [3.8, 4) is 10.7 Å². The number of aliphatic imine (C=N–C) groups is 1. The molecule has 6 nitrogen and oxygen atoms in total. The van der Waals surface area contributed by atoms with Crippen LogP contribution in [0.15, 0.2) is 51.3 Å². The third-order valence-corrected chi connectivity index (χ3v) is 7.17. The standard InChI is InChI=1S/C19H19ClN4O2S2/c1-11-9-21-16(8-13(11)12-4-2-3-5-12)23-18-14(20)10-22-19(24-18)15-6-7-17(27-15)28(25)26/h6-8,10,12H,1-5,9H2,(H,25,26)(H,21,22,23,24)/p-1. The Morgan fingerprint density at radius 3 is 2.82 bits per heavy atom. The molecule has 2 aromatic rings. The summed E-state index contributed by atoms with van der Waals surface area (Å²) < 4.78 is 22.4. The van der Waals surface area contributed by atoms with E-state index in [9.17, 15) is 8.76 Å². The second-order valence-electron chi connectivity index (χ2n) is 6.75. The Bertz CT molecular complexity index is 1010. The lowest BCUT2D eigenvalue weighted by atomic mass is 9.90. The first-order valence-electron chi connectivity index (χ1n) is 8.94. The summed E-state index contributed by atoms with van der Waals surface area (Å²) in [7, 11) is 0. The molecular formula is C19H18ClN4O2S2-. The molecule has 28 heavy (non-hydrogen) atoms. The molecule has 1 unspecified atom stereocenters. The summed E-state index contributed by atoms with van der Waals surface area (Å²) in [5.41, 5.74) is 2.34. The molecule has 2 aromatic heterocycles. The molecule has 3 heterocycles. The number of thiophene rings is 1. The van der Waals surface area contributed by atoms with Gasteiger partial charge in [-0.25, -0.2) is 9.97 Å². The van der Waals surface area contributed by atoms with Gasteiger partial charge in [-0.15, -0.1) is 11.3 Å². The molecule has 1 aliphatic carbocycles. The van der Waals surface area contributed by atoms with Crippen LogP contribution in [0, 0.1) is 5.92 Å². The maximum atomic E-state index is 11.1. The SMILES string of the molecule is C=C1CN=C(Nc2nc(-c3ccc(S(=O)[O-])s3)ncc2Cl)C=C1C1CCCC1. The van der Waals surface area contributed by atoms with Crippen LogP contribution in [0.3, 0.4) is 0 Å². The average Bonchev–Trinajstić information content (AvgIpc) is 3.37. The Hall–Kier alpha value is -1.87. The number of nitrogens with zero attached hydrogens (tertiary/aromatic N) is 3. The largest absolute Gasteiger partial charge is 0.768 e. The molecule has 1 N–H and O–H groups in total. The molecule has 146 valence electrons. The van der Waals surface area contributed by atoms with Crippen molar-refractivity contribution in [2.24, 2.45) is 10.9 Å². The minimum Gasteiger partial charge on any atom is -0.768 e. The van der Waals surface area contributed by atoms with E-state index in [2.05, 4.69) is 26.9 Å². The first kappa shape index (κ1) is 19.4. The minimum atomic E-state index is -2.27. The van der Waals surface area contributed by atoms with Crippen LogP contribution in [0.5, 0.6) is 0 Å². The van der Waals surface area contributed by atoms with Gasteiger partial charge in [0.25, 0.3) is 0 Å². The minimum absolute atomic E-state index is 0.238. The van der Waals surface area contributed by atoms with Gasteiger partial charge in [0.2, 0.25) is 0 Å². The number of amidine groups is 1. The number of hydrogen-bond acceptors (Lipinski definition) is 7. The third-order valence-electron chi connectivity index (χ3n) is 4.89. The van der Waals surface area contributed by atoms with Gasteiger partial charge in [-0.05, 0) is 59.2 Å². The normalized spacial score (nSPS) is 18.7. The number of hydrogen-bond donors (Lipinski definition) is 1. The van der Waals surface area contributed by atoms with E-state index >= 15 is 0 Å². The van der Waals surface area contributed by atoms with E-state index in [-0.39, 0.29) is 4.21 Å². The summed E-state index contributed by atoms with van der Waals surface area (Å²) in [4.78, 5) is 13.9. The molecule has 0 radical (unpaired) electrons. The van der Waals surface area contributed by atoms with Crippen molar-refractivity contribution in [3.63, 3.8) is 0 Å². The molecule has 0 bridgehead atoms. The molecule has 4 rings (SSSR count). The predicted octanol–water partition coefficient (Wildman–Crippen LogP) is 4.59. The van der Waals surface area contributed by atoms with Crippen molar-refractivity contribution in [1.82, 2.24) is 9.97 Å². The molecule has 0 spiro atoms. The van der Waals surface area contributed by atoms with Crippen molar-refractivity contribution < 1.29 is 8.76 Å². The van der Waals surface area contributed by atoms with E-state index in [4.69, 9.17) is 11.6 Å². The highest BCUT2D eigenvalue weighted by atomic mass is 35.5. The van der Waals surface area contributed by atoms with Gasteiger partial charge in [0.1, 0.15) is 10.9 Å². The molecule has 0 amide bonds. The van der Waals surface area contributed by atoms with Crippen LogP contribution in [-0.2, 0) is 11.1 Å². The maximum Gasteiger partial charge on any atom is 0.171 e. The fourth-order valence-electron chi connectivity index (χ4n) is 3.51. The lowest BCUT2D eigenvalue weighted by Crippen LogP contribution is -2.19. The number of nitrogens with one attached hydrogen (secondary N) is 1. The number of halogens is 1. The number of rotatable bonds is 4. The fraction of sp³-hybridized carbons (Fsp3) is 0.316. The molecular weight excluding hydrogens is 416 g/mol. The van der Waals surface area contributed by atoms with E-state index in [1.807, 2.05) is 6.08 Å². The van der Waals surface area contributed by atoms with Crippen molar-refractivity contribution in [2.75, 3.05) is 11.9 Å². The van der Waals surface area contributed by atoms with Gasteiger partial charge in [0, 0.05) is 0 Å². The van der Waals surface area contributed by atoms with E-state index in [0.717, 1.165) is 16.9 Å². The van der Waals surface area contributed by atoms with Crippen LogP contribution in [0.4, 0.5) is 5.82 Å². The molecule has 1 fully saturated rings. The zero-order valence-corrected chi connectivity index (χ0v) is 17.4. The lowest BCUT2D eigenvalue weighted by Gasteiger charge is -2.21. The highest BCUT2D eigenvalue weighted by Gasteiger charge is 2.24. The third kappa shape index (κ3) is 4.10. The van der Waals surface area contributed by atoms with Gasteiger partial charge < -0.3 is 9.87 Å². The Morgan fingerprint density at radius 2 is 2.11 bits per heavy atom. The first-order chi connectivity index (χ1) is 13.5. The van der Waals surface area contributed by atoms with Crippen LogP contribution in [-0.4, -0.2) is 31.1 Å². The van der Waals surface area contributed by atoms with Crippen molar-refractivity contribution in [3.05, 3.63) is 47.2 Å². The van der Waals surface area contributed by atoms with Gasteiger partial charge in [0.15, 0.2) is 11.6 Å². The van der Waals surface area contributed by atoms with E-state index in [1.54, 1.807) is 6.07 Å². The highest BCUT2D eigenvalue weighted by Crippen LogP contribution is 2.36. The van der Waals surface area contributed by atoms with Crippen molar-refractivity contribution in [1.29, 1.82) is 0 Å². The molecule has 1 aliphatic heterocycles. The maximum absolute atomic E-state index is 11.1. The summed E-state index contributed by atoms with van der Waals surface area (Å²) in [5.74, 6) is 2.11. The fourth-order valence-corrected chi connectivity index (χ4v) is 5.05. The Labute approximate surface area is 174 Å². The second kappa shape index (κ2) is 8.24. The van der Waals surface area contributed by atoms with Crippen LogP contribution < -0.4 is 5.32 Å². The van der Waals surface area contributed by atoms with Gasteiger partial charge in [0.05, 0.1) is 21.8 Å².